The molecule has 1 unspecified atom stereocenters. The largest absolute Gasteiger partial charge is 0.480 e. The standard InChI is InChI=1S/C25H29ClFN3O4/c26-22-19(4-1-5-20(22)27)24(31)30-21(25(32)33)10-12-34-18-13-15(14-18)6-8-17-9-7-16-3-2-11-28-23(16)29-17/h1,4-5,7,9,15,18,21H,2-3,6,8,10-14H2,(H,28,29)(H,30,31)(H,32,33)/t15-,18-,21?. The van der Waals surface area contributed by atoms with E-state index in [1.54, 1.807) is 0 Å². The highest BCUT2D eigenvalue weighted by atomic mass is 35.5. The van der Waals surface area contributed by atoms with E-state index in [0.717, 1.165) is 62.6 Å². The highest BCUT2D eigenvalue weighted by Crippen LogP contribution is 2.34. The van der Waals surface area contributed by atoms with Crippen molar-refractivity contribution in [2.24, 2.45) is 5.92 Å². The van der Waals surface area contributed by atoms with Gasteiger partial charge in [0.2, 0.25) is 0 Å². The topological polar surface area (TPSA) is 101 Å². The molecule has 182 valence electrons. The number of carbonyl (C=O) groups excluding carboxylic acids is 1. The summed E-state index contributed by atoms with van der Waals surface area (Å²) in [6.45, 7) is 1.19. The molecule has 1 aliphatic carbocycles. The van der Waals surface area contributed by atoms with E-state index in [2.05, 4.69) is 22.8 Å². The van der Waals surface area contributed by atoms with Crippen molar-refractivity contribution in [1.29, 1.82) is 0 Å². The van der Waals surface area contributed by atoms with Gasteiger partial charge in [-0.25, -0.2) is 14.2 Å². The van der Waals surface area contributed by atoms with E-state index >= 15 is 0 Å². The SMILES string of the molecule is O=C(NC(CCO[C@H]1C[C@H](CCc2ccc3c(n2)NCCC3)C1)C(=O)O)c1cccc(F)c1Cl. The van der Waals surface area contributed by atoms with Gasteiger partial charge < -0.3 is 20.5 Å². The summed E-state index contributed by atoms with van der Waals surface area (Å²) in [4.78, 5) is 28.6. The van der Waals surface area contributed by atoms with Gasteiger partial charge in [-0.3, -0.25) is 4.79 Å². The zero-order chi connectivity index (χ0) is 24.1. The molecular weight excluding hydrogens is 461 g/mol. The van der Waals surface area contributed by atoms with Crippen LogP contribution in [0.25, 0.3) is 0 Å². The summed E-state index contributed by atoms with van der Waals surface area (Å²) in [6, 6.07) is 6.98. The predicted molar refractivity (Wildman–Crippen MR) is 127 cm³/mol. The Bertz CT molecular complexity index is 1040. The number of carboxylic acids is 1. The maximum atomic E-state index is 13.6. The zero-order valence-electron chi connectivity index (χ0n) is 18.9. The third-order valence-electron chi connectivity index (χ3n) is 6.51. The van der Waals surface area contributed by atoms with Gasteiger partial charge in [-0.2, -0.15) is 0 Å². The van der Waals surface area contributed by atoms with Crippen molar-refractivity contribution in [1.82, 2.24) is 10.3 Å². The zero-order valence-corrected chi connectivity index (χ0v) is 19.6. The van der Waals surface area contributed by atoms with E-state index in [1.165, 1.54) is 17.7 Å². The number of fused-ring (bicyclic) bond motifs is 1. The van der Waals surface area contributed by atoms with E-state index in [0.29, 0.717) is 5.92 Å². The molecule has 2 aromatic rings. The Morgan fingerprint density at radius 1 is 1.29 bits per heavy atom. The first-order valence-corrected chi connectivity index (χ1v) is 12.1. The molecule has 0 saturated heterocycles. The molecule has 1 fully saturated rings. The van der Waals surface area contributed by atoms with Crippen LogP contribution >= 0.6 is 11.6 Å². The number of carboxylic acid groups (broad SMARTS) is 1. The summed E-state index contributed by atoms with van der Waals surface area (Å²) in [5.74, 6) is -1.04. The molecule has 1 amide bonds. The summed E-state index contributed by atoms with van der Waals surface area (Å²) in [5.41, 5.74) is 2.30. The van der Waals surface area contributed by atoms with Crippen LogP contribution in [0.15, 0.2) is 30.3 Å². The molecule has 9 heteroatoms. The van der Waals surface area contributed by atoms with Crippen molar-refractivity contribution >= 4 is 29.3 Å². The second-order valence-corrected chi connectivity index (χ2v) is 9.34. The van der Waals surface area contributed by atoms with E-state index in [1.807, 2.05) is 0 Å². The normalized spacial score (nSPS) is 19.9. The fraction of sp³-hybridized carbons (Fsp3) is 0.480. The summed E-state index contributed by atoms with van der Waals surface area (Å²) in [6.07, 6.45) is 6.31. The number of ether oxygens (including phenoxy) is 1. The maximum absolute atomic E-state index is 13.6. The number of hydrogen-bond donors (Lipinski definition) is 3. The van der Waals surface area contributed by atoms with Crippen LogP contribution in [0.1, 0.15) is 53.7 Å². The van der Waals surface area contributed by atoms with Crippen LogP contribution in [0.5, 0.6) is 0 Å². The van der Waals surface area contributed by atoms with Crippen LogP contribution in [0.2, 0.25) is 5.02 Å². The first kappa shape index (κ1) is 24.4. The molecule has 1 aromatic carbocycles. The first-order chi connectivity index (χ1) is 16.4. The van der Waals surface area contributed by atoms with Gasteiger partial charge in [0.05, 0.1) is 16.7 Å². The van der Waals surface area contributed by atoms with Gasteiger partial charge >= 0.3 is 5.97 Å². The minimum Gasteiger partial charge on any atom is -0.480 e. The molecule has 2 heterocycles. The second kappa shape index (κ2) is 11.1. The smallest absolute Gasteiger partial charge is 0.326 e. The molecule has 0 bridgehead atoms. The predicted octanol–water partition coefficient (Wildman–Crippen LogP) is 4.23. The molecule has 1 atom stereocenters. The lowest BCUT2D eigenvalue weighted by atomic mass is 9.79. The fourth-order valence-electron chi connectivity index (χ4n) is 4.43. The van der Waals surface area contributed by atoms with Gasteiger partial charge in [-0.15, -0.1) is 0 Å². The Balaban J connectivity index is 1.16. The lowest BCUT2D eigenvalue weighted by molar-refractivity contribution is -0.140. The minimum atomic E-state index is -1.18. The van der Waals surface area contributed by atoms with E-state index < -0.39 is 23.7 Å². The second-order valence-electron chi connectivity index (χ2n) is 8.96. The van der Waals surface area contributed by atoms with Gasteiger partial charge in [0, 0.05) is 25.3 Å². The van der Waals surface area contributed by atoms with Gasteiger partial charge in [-0.05, 0) is 68.2 Å². The Kier molecular flexibility index (Phi) is 8.00. The molecule has 34 heavy (non-hydrogen) atoms. The number of amides is 1. The number of pyridine rings is 1. The van der Waals surface area contributed by atoms with Crippen molar-refractivity contribution in [3.63, 3.8) is 0 Å². The van der Waals surface area contributed by atoms with E-state index in [9.17, 15) is 19.1 Å². The number of rotatable bonds is 10. The maximum Gasteiger partial charge on any atom is 0.326 e. The Hall–Kier alpha value is -2.71. The molecule has 2 aliphatic rings. The summed E-state index contributed by atoms with van der Waals surface area (Å²) in [7, 11) is 0. The van der Waals surface area contributed by atoms with E-state index in [4.69, 9.17) is 21.3 Å². The fourth-order valence-corrected chi connectivity index (χ4v) is 4.64. The quantitative estimate of drug-likeness (QED) is 0.461. The van der Waals surface area contributed by atoms with Gasteiger partial charge in [-0.1, -0.05) is 23.7 Å². The number of anilines is 1. The number of aromatic nitrogens is 1. The number of aliphatic carboxylic acids is 1. The third-order valence-corrected chi connectivity index (χ3v) is 6.90. The molecule has 3 N–H and O–H groups in total. The van der Waals surface area contributed by atoms with Crippen molar-refractivity contribution in [3.05, 3.63) is 58.0 Å². The number of aryl methyl sites for hydroxylation is 2. The van der Waals surface area contributed by atoms with E-state index in [-0.39, 0.29) is 29.7 Å². The molecule has 1 saturated carbocycles. The van der Waals surface area contributed by atoms with Crippen LogP contribution < -0.4 is 10.6 Å². The molecular formula is C25H29ClFN3O4. The van der Waals surface area contributed by atoms with Crippen molar-refractivity contribution in [2.75, 3.05) is 18.5 Å². The average Bonchev–Trinajstić information content (AvgIpc) is 2.80. The van der Waals surface area contributed by atoms with Crippen molar-refractivity contribution in [2.45, 2.75) is 57.1 Å². The molecule has 0 radical (unpaired) electrons. The Labute approximate surface area is 203 Å². The monoisotopic (exact) mass is 489 g/mol. The van der Waals surface area contributed by atoms with Crippen LogP contribution in [0, 0.1) is 11.7 Å². The van der Waals surface area contributed by atoms with Crippen LogP contribution in [0.4, 0.5) is 10.2 Å². The third kappa shape index (κ3) is 6.04. The lowest BCUT2D eigenvalue weighted by Crippen LogP contribution is -2.42. The molecule has 4 rings (SSSR count). The average molecular weight is 490 g/mol. The number of hydrogen-bond acceptors (Lipinski definition) is 5. The summed E-state index contributed by atoms with van der Waals surface area (Å²) in [5, 5.41) is 14.9. The number of nitrogens with one attached hydrogen (secondary N) is 2. The van der Waals surface area contributed by atoms with Crippen LogP contribution in [-0.4, -0.2) is 47.3 Å². The molecule has 7 nitrogen and oxygen atoms in total. The Morgan fingerprint density at radius 2 is 2.12 bits per heavy atom. The highest BCUT2D eigenvalue weighted by Gasteiger charge is 2.30. The van der Waals surface area contributed by atoms with Gasteiger partial charge in [0.25, 0.3) is 5.91 Å². The number of halogens is 2. The molecule has 1 aromatic heterocycles. The molecule has 1 aliphatic heterocycles. The summed E-state index contributed by atoms with van der Waals surface area (Å²) < 4.78 is 19.4. The number of carbonyl (C=O) groups is 2. The molecule has 0 spiro atoms. The van der Waals surface area contributed by atoms with Crippen LogP contribution in [-0.2, 0) is 22.4 Å². The number of nitrogens with zero attached hydrogens (tertiary/aromatic N) is 1. The van der Waals surface area contributed by atoms with Crippen molar-refractivity contribution < 1.29 is 23.8 Å². The van der Waals surface area contributed by atoms with Gasteiger partial charge in [0.15, 0.2) is 0 Å². The summed E-state index contributed by atoms with van der Waals surface area (Å²) >= 11 is 5.82. The first-order valence-electron chi connectivity index (χ1n) is 11.7. The Morgan fingerprint density at radius 3 is 2.91 bits per heavy atom. The lowest BCUT2D eigenvalue weighted by Gasteiger charge is -2.35. The van der Waals surface area contributed by atoms with Crippen molar-refractivity contribution in [3.8, 4) is 0 Å². The highest BCUT2D eigenvalue weighted by molar-refractivity contribution is 6.34. The van der Waals surface area contributed by atoms with Gasteiger partial charge in [0.1, 0.15) is 17.7 Å². The van der Waals surface area contributed by atoms with Crippen LogP contribution in [0.3, 0.4) is 0 Å². The minimum absolute atomic E-state index is 0.0973. The number of benzene rings is 1.